The lowest BCUT2D eigenvalue weighted by atomic mass is 9.89. The molecule has 2 N–H and O–H groups in total. The summed E-state index contributed by atoms with van der Waals surface area (Å²) in [6.45, 7) is 0.383. The molecule has 1 atom stereocenters. The fourth-order valence-corrected chi connectivity index (χ4v) is 3.89. The van der Waals surface area contributed by atoms with Gasteiger partial charge in [0, 0.05) is 12.3 Å². The van der Waals surface area contributed by atoms with Crippen molar-refractivity contribution in [3.63, 3.8) is 0 Å². The monoisotopic (exact) mass is 269 g/mol. The number of hydrogen-bond donors (Lipinski definition) is 2. The number of hydrogen-bond acceptors (Lipinski definition) is 3. The quantitative estimate of drug-likeness (QED) is 0.769. The van der Waals surface area contributed by atoms with Crippen LogP contribution in [-0.2, 0) is 4.79 Å². The van der Waals surface area contributed by atoms with Gasteiger partial charge in [-0.2, -0.15) is 11.8 Å². The van der Waals surface area contributed by atoms with E-state index in [4.69, 9.17) is 0 Å². The molecule has 0 spiro atoms. The largest absolute Gasteiger partial charge is 0.387 e. The lowest BCUT2D eigenvalue weighted by Crippen LogP contribution is -2.42. The van der Waals surface area contributed by atoms with Crippen LogP contribution in [0.5, 0.6) is 0 Å². The van der Waals surface area contributed by atoms with Crippen molar-refractivity contribution in [2.45, 2.75) is 44.1 Å². The van der Waals surface area contributed by atoms with Crippen LogP contribution in [-0.4, -0.2) is 34.7 Å². The van der Waals surface area contributed by atoms with Crippen LogP contribution in [0.3, 0.4) is 0 Å². The lowest BCUT2D eigenvalue weighted by Gasteiger charge is -2.21. The fraction of sp³-hybridized carbons (Fsp3) is 0.786. The minimum atomic E-state index is -0.682. The molecule has 4 heteroatoms. The van der Waals surface area contributed by atoms with Gasteiger partial charge in [-0.15, -0.1) is 0 Å². The molecule has 1 aliphatic carbocycles. The standard InChI is InChI=1S/C14H23NO2S/c16-13(7-6-12-4-2-1-3-5-12)15-10-14(17)8-9-18-11-14/h6-7,12,17H,1-5,8-11H2,(H,15,16). The molecule has 1 heterocycles. The van der Waals surface area contributed by atoms with Crippen molar-refractivity contribution in [1.82, 2.24) is 5.32 Å². The number of aliphatic hydroxyl groups is 1. The molecule has 0 aromatic heterocycles. The van der Waals surface area contributed by atoms with Crippen molar-refractivity contribution in [3.8, 4) is 0 Å². The Balaban J connectivity index is 1.69. The van der Waals surface area contributed by atoms with E-state index in [-0.39, 0.29) is 5.91 Å². The Morgan fingerprint density at radius 3 is 2.83 bits per heavy atom. The van der Waals surface area contributed by atoms with Gasteiger partial charge in [-0.25, -0.2) is 0 Å². The molecule has 102 valence electrons. The normalized spacial score (nSPS) is 29.8. The average Bonchev–Trinajstić information content (AvgIpc) is 2.83. The summed E-state index contributed by atoms with van der Waals surface area (Å²) < 4.78 is 0. The summed E-state index contributed by atoms with van der Waals surface area (Å²) in [6.07, 6.45) is 10.8. The highest BCUT2D eigenvalue weighted by atomic mass is 32.2. The highest BCUT2D eigenvalue weighted by molar-refractivity contribution is 7.99. The topological polar surface area (TPSA) is 49.3 Å². The van der Waals surface area contributed by atoms with E-state index in [0.717, 1.165) is 17.9 Å². The number of carbonyl (C=O) groups is 1. The Morgan fingerprint density at radius 2 is 2.17 bits per heavy atom. The molecule has 0 aromatic carbocycles. The Labute approximate surface area is 113 Å². The Hall–Kier alpha value is -0.480. The van der Waals surface area contributed by atoms with Gasteiger partial charge in [0.05, 0.1) is 5.60 Å². The van der Waals surface area contributed by atoms with E-state index >= 15 is 0 Å². The maximum Gasteiger partial charge on any atom is 0.243 e. The van der Waals surface area contributed by atoms with Gasteiger partial charge < -0.3 is 10.4 Å². The first kappa shape index (κ1) is 13.9. The van der Waals surface area contributed by atoms with Crippen molar-refractivity contribution in [1.29, 1.82) is 0 Å². The van der Waals surface area contributed by atoms with Crippen LogP contribution in [0.4, 0.5) is 0 Å². The van der Waals surface area contributed by atoms with Crippen molar-refractivity contribution in [3.05, 3.63) is 12.2 Å². The first-order valence-corrected chi connectivity index (χ1v) is 8.10. The molecule has 0 bridgehead atoms. The van der Waals surface area contributed by atoms with Gasteiger partial charge in [0.15, 0.2) is 0 Å². The van der Waals surface area contributed by atoms with Crippen LogP contribution >= 0.6 is 11.8 Å². The second kappa shape index (κ2) is 6.62. The van der Waals surface area contributed by atoms with Crippen molar-refractivity contribution in [2.75, 3.05) is 18.1 Å². The van der Waals surface area contributed by atoms with Gasteiger partial charge in [0.2, 0.25) is 5.91 Å². The Bertz CT molecular complexity index is 305. The highest BCUT2D eigenvalue weighted by Crippen LogP contribution is 2.27. The van der Waals surface area contributed by atoms with Gasteiger partial charge in [0.25, 0.3) is 0 Å². The Morgan fingerprint density at radius 1 is 1.39 bits per heavy atom. The van der Waals surface area contributed by atoms with Crippen LogP contribution in [0, 0.1) is 5.92 Å². The summed E-state index contributed by atoms with van der Waals surface area (Å²) >= 11 is 1.75. The fourth-order valence-electron chi connectivity index (χ4n) is 2.60. The summed E-state index contributed by atoms with van der Waals surface area (Å²) in [6, 6.07) is 0. The number of nitrogens with one attached hydrogen (secondary N) is 1. The minimum absolute atomic E-state index is 0.0640. The molecule has 1 saturated carbocycles. The van der Waals surface area contributed by atoms with Gasteiger partial charge >= 0.3 is 0 Å². The van der Waals surface area contributed by atoms with Crippen LogP contribution in [0.1, 0.15) is 38.5 Å². The average molecular weight is 269 g/mol. The van der Waals surface area contributed by atoms with Crippen LogP contribution in [0.2, 0.25) is 0 Å². The van der Waals surface area contributed by atoms with E-state index in [1.165, 1.54) is 32.1 Å². The van der Waals surface area contributed by atoms with Gasteiger partial charge in [-0.05, 0) is 37.0 Å². The number of thioether (sulfide) groups is 1. The lowest BCUT2D eigenvalue weighted by molar-refractivity contribution is -0.117. The summed E-state index contributed by atoms with van der Waals surface area (Å²) in [7, 11) is 0. The predicted octanol–water partition coefficient (Wildman–Crippen LogP) is 2.11. The van der Waals surface area contributed by atoms with Crippen LogP contribution < -0.4 is 5.32 Å². The van der Waals surface area contributed by atoms with E-state index in [2.05, 4.69) is 5.32 Å². The molecule has 1 amide bonds. The Kier molecular flexibility index (Phi) is 5.13. The molecule has 0 aromatic rings. The number of carbonyl (C=O) groups excluding carboxylic acids is 1. The minimum Gasteiger partial charge on any atom is -0.387 e. The molecule has 18 heavy (non-hydrogen) atoms. The van der Waals surface area contributed by atoms with E-state index in [1.807, 2.05) is 6.08 Å². The van der Waals surface area contributed by atoms with Gasteiger partial charge in [-0.1, -0.05) is 25.3 Å². The van der Waals surface area contributed by atoms with E-state index in [1.54, 1.807) is 17.8 Å². The summed E-state index contributed by atoms with van der Waals surface area (Å²) in [5, 5.41) is 12.9. The first-order valence-electron chi connectivity index (χ1n) is 6.94. The van der Waals surface area contributed by atoms with Crippen molar-refractivity contribution >= 4 is 17.7 Å². The van der Waals surface area contributed by atoms with Crippen LogP contribution in [0.15, 0.2) is 12.2 Å². The maximum atomic E-state index is 11.7. The molecular formula is C14H23NO2S. The van der Waals surface area contributed by atoms with Crippen molar-refractivity contribution in [2.24, 2.45) is 5.92 Å². The van der Waals surface area contributed by atoms with E-state index in [9.17, 15) is 9.90 Å². The zero-order valence-electron chi connectivity index (χ0n) is 10.9. The predicted molar refractivity (Wildman–Crippen MR) is 75.6 cm³/mol. The van der Waals surface area contributed by atoms with E-state index < -0.39 is 5.60 Å². The zero-order chi connectivity index (χ0) is 12.8. The molecule has 0 radical (unpaired) electrons. The van der Waals surface area contributed by atoms with Crippen LogP contribution in [0.25, 0.3) is 0 Å². The summed E-state index contributed by atoms with van der Waals surface area (Å²) in [5.41, 5.74) is -0.682. The SMILES string of the molecule is O=C(C=CC1CCCCC1)NCC1(O)CCSC1. The van der Waals surface area contributed by atoms with Gasteiger partial charge in [0.1, 0.15) is 0 Å². The highest BCUT2D eigenvalue weighted by Gasteiger charge is 2.31. The second-order valence-electron chi connectivity index (χ2n) is 5.50. The molecule has 1 saturated heterocycles. The van der Waals surface area contributed by atoms with Crippen molar-refractivity contribution < 1.29 is 9.90 Å². The third-order valence-electron chi connectivity index (χ3n) is 3.84. The first-order chi connectivity index (χ1) is 8.68. The molecule has 1 aliphatic heterocycles. The third-order valence-corrected chi connectivity index (χ3v) is 5.08. The number of rotatable bonds is 4. The molecule has 3 nitrogen and oxygen atoms in total. The molecule has 2 fully saturated rings. The molecular weight excluding hydrogens is 246 g/mol. The molecule has 2 rings (SSSR count). The third kappa shape index (κ3) is 4.32. The second-order valence-corrected chi connectivity index (χ2v) is 6.61. The van der Waals surface area contributed by atoms with E-state index in [0.29, 0.717) is 12.5 Å². The van der Waals surface area contributed by atoms with Gasteiger partial charge in [-0.3, -0.25) is 4.79 Å². The number of amides is 1. The summed E-state index contributed by atoms with van der Waals surface area (Å²) in [5.74, 6) is 2.24. The zero-order valence-corrected chi connectivity index (χ0v) is 11.7. The molecule has 2 aliphatic rings. The summed E-state index contributed by atoms with van der Waals surface area (Å²) in [4.78, 5) is 11.7. The smallest absolute Gasteiger partial charge is 0.243 e. The molecule has 1 unspecified atom stereocenters. The number of allylic oxidation sites excluding steroid dienone is 1. The maximum absolute atomic E-state index is 11.7.